The largest absolute Gasteiger partial charge is 0.309 e. The van der Waals surface area contributed by atoms with Crippen LogP contribution in [0.2, 0.25) is 0 Å². The SMILES string of the molecule is C=C(C)C(=C)/C(CC=CCCN(C)C)=N\NC(=O)CC. The molecule has 0 rings (SSSR count). The van der Waals surface area contributed by atoms with E-state index in [0.29, 0.717) is 12.8 Å². The molecule has 0 bridgehead atoms. The first kappa shape index (κ1) is 18.3. The highest BCUT2D eigenvalue weighted by Gasteiger charge is 2.05. The lowest BCUT2D eigenvalue weighted by Gasteiger charge is -2.08. The highest BCUT2D eigenvalue weighted by molar-refractivity contribution is 6.04. The Balaban J connectivity index is 4.58. The van der Waals surface area contributed by atoms with Crippen LogP contribution in [0.5, 0.6) is 0 Å². The van der Waals surface area contributed by atoms with Crippen LogP contribution in [0.25, 0.3) is 0 Å². The van der Waals surface area contributed by atoms with Crippen LogP contribution in [0.15, 0.2) is 41.6 Å². The van der Waals surface area contributed by atoms with E-state index in [1.54, 1.807) is 6.92 Å². The number of amides is 1. The molecule has 0 heterocycles. The highest BCUT2D eigenvalue weighted by atomic mass is 16.2. The molecule has 0 aromatic carbocycles. The molecule has 0 saturated heterocycles. The molecule has 0 aromatic heterocycles. The van der Waals surface area contributed by atoms with Gasteiger partial charge in [-0.05, 0) is 38.6 Å². The molecule has 4 nitrogen and oxygen atoms in total. The minimum Gasteiger partial charge on any atom is -0.309 e. The van der Waals surface area contributed by atoms with Crippen molar-refractivity contribution in [1.82, 2.24) is 10.3 Å². The van der Waals surface area contributed by atoms with Gasteiger partial charge in [-0.1, -0.05) is 32.2 Å². The van der Waals surface area contributed by atoms with Crippen molar-refractivity contribution in [1.29, 1.82) is 0 Å². The van der Waals surface area contributed by atoms with Crippen LogP contribution in [0.4, 0.5) is 0 Å². The average Bonchev–Trinajstić information content (AvgIpc) is 2.40. The first-order valence-corrected chi connectivity index (χ1v) is 6.88. The Bertz CT molecular complexity index is 406. The molecule has 0 aromatic rings. The third kappa shape index (κ3) is 8.43. The number of rotatable bonds is 9. The fraction of sp³-hybridized carbons (Fsp3) is 0.500. The molecule has 0 fully saturated rings. The Hall–Kier alpha value is -1.68. The van der Waals surface area contributed by atoms with Gasteiger partial charge in [-0.3, -0.25) is 4.79 Å². The van der Waals surface area contributed by atoms with Gasteiger partial charge in [0.25, 0.3) is 0 Å². The second-order valence-corrected chi connectivity index (χ2v) is 4.97. The van der Waals surface area contributed by atoms with Crippen molar-refractivity contribution in [2.24, 2.45) is 5.10 Å². The van der Waals surface area contributed by atoms with Crippen LogP contribution in [-0.2, 0) is 4.79 Å². The maximum Gasteiger partial charge on any atom is 0.239 e. The zero-order valence-electron chi connectivity index (χ0n) is 13.2. The van der Waals surface area contributed by atoms with Crippen LogP contribution < -0.4 is 5.43 Å². The first-order valence-electron chi connectivity index (χ1n) is 6.88. The van der Waals surface area contributed by atoms with E-state index in [2.05, 4.69) is 40.7 Å². The number of hydrogen-bond donors (Lipinski definition) is 1. The van der Waals surface area contributed by atoms with E-state index in [9.17, 15) is 4.79 Å². The van der Waals surface area contributed by atoms with Gasteiger partial charge in [0, 0.05) is 19.4 Å². The van der Waals surface area contributed by atoms with Crippen molar-refractivity contribution in [3.8, 4) is 0 Å². The second-order valence-electron chi connectivity index (χ2n) is 4.97. The lowest BCUT2D eigenvalue weighted by Crippen LogP contribution is -2.19. The first-order chi connectivity index (χ1) is 9.38. The van der Waals surface area contributed by atoms with E-state index in [1.165, 1.54) is 0 Å². The molecule has 0 aliphatic rings. The van der Waals surface area contributed by atoms with Gasteiger partial charge in [0.1, 0.15) is 0 Å². The molecular weight excluding hydrogens is 250 g/mol. The Kier molecular flexibility index (Phi) is 9.30. The maximum atomic E-state index is 11.3. The smallest absolute Gasteiger partial charge is 0.239 e. The van der Waals surface area contributed by atoms with E-state index >= 15 is 0 Å². The summed E-state index contributed by atoms with van der Waals surface area (Å²) in [5.74, 6) is -0.103. The number of nitrogens with zero attached hydrogens (tertiary/aromatic N) is 2. The number of allylic oxidation sites excluding steroid dienone is 3. The van der Waals surface area contributed by atoms with Crippen LogP contribution >= 0.6 is 0 Å². The third-order valence-electron chi connectivity index (χ3n) is 2.72. The van der Waals surface area contributed by atoms with Gasteiger partial charge in [-0.25, -0.2) is 5.43 Å². The molecule has 0 atom stereocenters. The minimum atomic E-state index is -0.103. The molecule has 0 saturated carbocycles. The van der Waals surface area contributed by atoms with Gasteiger partial charge < -0.3 is 4.90 Å². The monoisotopic (exact) mass is 277 g/mol. The molecular formula is C16H27N3O. The zero-order valence-corrected chi connectivity index (χ0v) is 13.2. The minimum absolute atomic E-state index is 0.103. The summed E-state index contributed by atoms with van der Waals surface area (Å²) in [6.45, 7) is 12.5. The lowest BCUT2D eigenvalue weighted by atomic mass is 10.0. The van der Waals surface area contributed by atoms with Crippen LogP contribution in [-0.4, -0.2) is 37.2 Å². The van der Waals surface area contributed by atoms with E-state index in [-0.39, 0.29) is 5.91 Å². The van der Waals surface area contributed by atoms with Gasteiger partial charge in [0.2, 0.25) is 5.91 Å². The molecule has 0 unspecified atom stereocenters. The summed E-state index contributed by atoms with van der Waals surface area (Å²) in [5, 5.41) is 4.14. The average molecular weight is 277 g/mol. The molecule has 20 heavy (non-hydrogen) atoms. The van der Waals surface area contributed by atoms with Crippen molar-refractivity contribution >= 4 is 11.6 Å². The van der Waals surface area contributed by atoms with E-state index in [4.69, 9.17) is 0 Å². The summed E-state index contributed by atoms with van der Waals surface area (Å²) >= 11 is 0. The molecule has 1 amide bonds. The van der Waals surface area contributed by atoms with Crippen LogP contribution in [0.3, 0.4) is 0 Å². The normalized spacial score (nSPS) is 11.9. The van der Waals surface area contributed by atoms with Crippen molar-refractivity contribution in [2.75, 3.05) is 20.6 Å². The van der Waals surface area contributed by atoms with E-state index in [1.807, 2.05) is 21.0 Å². The number of nitrogens with one attached hydrogen (secondary N) is 1. The summed E-state index contributed by atoms with van der Waals surface area (Å²) in [6.07, 6.45) is 6.21. The quantitative estimate of drug-likeness (QED) is 0.305. The van der Waals surface area contributed by atoms with Gasteiger partial charge in [-0.2, -0.15) is 5.10 Å². The molecule has 0 aliphatic carbocycles. The summed E-state index contributed by atoms with van der Waals surface area (Å²) in [5.41, 5.74) is 4.92. The Morgan fingerprint density at radius 3 is 2.45 bits per heavy atom. The van der Waals surface area contributed by atoms with Gasteiger partial charge in [-0.15, -0.1) is 0 Å². The number of hydrazone groups is 1. The van der Waals surface area contributed by atoms with Gasteiger partial charge >= 0.3 is 0 Å². The standard InChI is InChI=1S/C16H27N3O/c1-7-16(20)18-17-15(14(4)13(2)3)11-9-8-10-12-19(5)6/h8-9H,2,4,7,10-12H2,1,3,5-6H3,(H,18,20)/b9-8?,17-15-. The lowest BCUT2D eigenvalue weighted by molar-refractivity contribution is -0.120. The van der Waals surface area contributed by atoms with Crippen molar-refractivity contribution in [3.05, 3.63) is 36.5 Å². The van der Waals surface area contributed by atoms with Gasteiger partial charge in [0.15, 0.2) is 0 Å². The molecule has 0 aliphatic heterocycles. The summed E-state index contributed by atoms with van der Waals surface area (Å²) < 4.78 is 0. The zero-order chi connectivity index (χ0) is 15.5. The number of carbonyl (C=O) groups excluding carboxylic acids is 1. The molecule has 0 radical (unpaired) electrons. The summed E-state index contributed by atoms with van der Waals surface area (Å²) in [6, 6.07) is 0. The Morgan fingerprint density at radius 2 is 1.95 bits per heavy atom. The predicted octanol–water partition coefficient (Wildman–Crippen LogP) is 2.90. The Morgan fingerprint density at radius 1 is 1.30 bits per heavy atom. The summed E-state index contributed by atoms with van der Waals surface area (Å²) in [4.78, 5) is 13.4. The van der Waals surface area contributed by atoms with Crippen molar-refractivity contribution < 1.29 is 4.79 Å². The second kappa shape index (κ2) is 10.1. The Labute approximate surface area is 122 Å². The predicted molar refractivity (Wildman–Crippen MR) is 86.8 cm³/mol. The fourth-order valence-corrected chi connectivity index (χ4v) is 1.34. The maximum absolute atomic E-state index is 11.3. The van der Waals surface area contributed by atoms with E-state index < -0.39 is 0 Å². The number of hydrogen-bond acceptors (Lipinski definition) is 3. The molecule has 0 spiro atoms. The van der Waals surface area contributed by atoms with Crippen molar-refractivity contribution in [3.63, 3.8) is 0 Å². The van der Waals surface area contributed by atoms with Crippen molar-refractivity contribution in [2.45, 2.75) is 33.1 Å². The molecule has 112 valence electrons. The molecule has 4 heteroatoms. The topological polar surface area (TPSA) is 44.7 Å². The van der Waals surface area contributed by atoms with Crippen LogP contribution in [0, 0.1) is 0 Å². The van der Waals surface area contributed by atoms with Crippen LogP contribution in [0.1, 0.15) is 33.1 Å². The fourth-order valence-electron chi connectivity index (χ4n) is 1.34. The summed E-state index contributed by atoms with van der Waals surface area (Å²) in [7, 11) is 4.09. The highest BCUT2D eigenvalue weighted by Crippen LogP contribution is 2.10. The van der Waals surface area contributed by atoms with Gasteiger partial charge in [0.05, 0.1) is 5.71 Å². The number of carbonyl (C=O) groups is 1. The van der Waals surface area contributed by atoms with E-state index in [0.717, 1.165) is 29.8 Å². The third-order valence-corrected chi connectivity index (χ3v) is 2.72. The molecule has 1 N–H and O–H groups in total.